The normalized spacial score (nSPS) is 15.8. The van der Waals surface area contributed by atoms with Gasteiger partial charge >= 0.3 is 0 Å². The Labute approximate surface area is 148 Å². The van der Waals surface area contributed by atoms with Gasteiger partial charge in [0.05, 0.1) is 5.56 Å². The molecule has 7 heteroatoms. The van der Waals surface area contributed by atoms with Gasteiger partial charge in [-0.25, -0.2) is 17.6 Å². The Bertz CT molecular complexity index is 804. The molecule has 0 radical (unpaired) electrons. The molecule has 3 nitrogen and oxygen atoms in total. The lowest BCUT2D eigenvalue weighted by Crippen LogP contribution is -2.44. The summed E-state index contributed by atoms with van der Waals surface area (Å²) in [5, 5.41) is 2.72. The number of nitrogens with one attached hydrogen (secondary N) is 1. The molecule has 1 amide bonds. The van der Waals surface area contributed by atoms with Gasteiger partial charge in [-0.1, -0.05) is 6.07 Å². The third-order valence-electron chi connectivity index (χ3n) is 4.49. The van der Waals surface area contributed by atoms with Crippen LogP contribution in [0.5, 0.6) is 0 Å². The van der Waals surface area contributed by atoms with Crippen LogP contribution in [0.15, 0.2) is 36.4 Å². The summed E-state index contributed by atoms with van der Waals surface area (Å²) in [4.78, 5) is 14.2. The molecule has 2 aromatic carbocycles. The van der Waals surface area contributed by atoms with Crippen LogP contribution in [-0.2, 0) is 6.54 Å². The van der Waals surface area contributed by atoms with E-state index in [2.05, 4.69) is 10.2 Å². The number of halogens is 4. The number of likely N-dealkylation sites (tertiary alicyclic amines) is 1. The average Bonchev–Trinajstić information content (AvgIpc) is 2.62. The molecule has 138 valence electrons. The van der Waals surface area contributed by atoms with Crippen LogP contribution >= 0.6 is 0 Å². The first kappa shape index (κ1) is 18.4. The van der Waals surface area contributed by atoms with Crippen LogP contribution in [0.25, 0.3) is 0 Å². The summed E-state index contributed by atoms with van der Waals surface area (Å²) in [7, 11) is 0. The van der Waals surface area contributed by atoms with E-state index in [1.807, 2.05) is 0 Å². The topological polar surface area (TPSA) is 32.3 Å². The molecular weight excluding hydrogens is 348 g/mol. The third kappa shape index (κ3) is 4.40. The summed E-state index contributed by atoms with van der Waals surface area (Å²) in [5.41, 5.74) is 0.363. The molecule has 1 aliphatic heterocycles. The quantitative estimate of drug-likeness (QED) is 0.838. The standard InChI is InChI=1S/C19H18F4N2O/c20-13-2-4-16(21)15(10-13)19(26)24-14-5-7-25(8-6-14)11-12-1-3-17(22)18(23)9-12/h1-4,9-10,14H,5-8,11H2,(H,24,26). The number of carbonyl (C=O) groups is 1. The number of rotatable bonds is 4. The first-order valence-corrected chi connectivity index (χ1v) is 8.34. The van der Waals surface area contributed by atoms with Crippen LogP contribution in [0.2, 0.25) is 0 Å². The van der Waals surface area contributed by atoms with E-state index < -0.39 is 29.2 Å². The fraction of sp³-hybridized carbons (Fsp3) is 0.316. The van der Waals surface area contributed by atoms with Gasteiger partial charge in [-0.2, -0.15) is 0 Å². The third-order valence-corrected chi connectivity index (χ3v) is 4.49. The molecule has 0 bridgehead atoms. The Balaban J connectivity index is 1.52. The van der Waals surface area contributed by atoms with Crippen molar-refractivity contribution in [3.63, 3.8) is 0 Å². The van der Waals surface area contributed by atoms with Crippen molar-refractivity contribution in [2.45, 2.75) is 25.4 Å². The van der Waals surface area contributed by atoms with Gasteiger partial charge in [0, 0.05) is 25.7 Å². The fourth-order valence-corrected chi connectivity index (χ4v) is 3.07. The Kier molecular flexibility index (Phi) is 5.56. The summed E-state index contributed by atoms with van der Waals surface area (Å²) in [6, 6.07) is 6.44. The zero-order valence-electron chi connectivity index (χ0n) is 13.9. The van der Waals surface area contributed by atoms with Crippen LogP contribution in [0.4, 0.5) is 17.6 Å². The van der Waals surface area contributed by atoms with Crippen LogP contribution in [0, 0.1) is 23.3 Å². The lowest BCUT2D eigenvalue weighted by Gasteiger charge is -2.32. The summed E-state index contributed by atoms with van der Waals surface area (Å²) in [6.07, 6.45) is 1.26. The van der Waals surface area contributed by atoms with E-state index in [0.717, 1.165) is 24.3 Å². The maximum Gasteiger partial charge on any atom is 0.254 e. The highest BCUT2D eigenvalue weighted by molar-refractivity contribution is 5.94. The van der Waals surface area contributed by atoms with E-state index in [1.165, 1.54) is 6.07 Å². The van der Waals surface area contributed by atoms with Gasteiger partial charge in [0.1, 0.15) is 11.6 Å². The van der Waals surface area contributed by atoms with Gasteiger partial charge in [-0.15, -0.1) is 0 Å². The van der Waals surface area contributed by atoms with Gasteiger partial charge in [-0.05, 0) is 48.7 Å². The minimum Gasteiger partial charge on any atom is -0.349 e. The number of hydrogen-bond donors (Lipinski definition) is 1. The largest absolute Gasteiger partial charge is 0.349 e. The Morgan fingerprint density at radius 2 is 1.65 bits per heavy atom. The van der Waals surface area contributed by atoms with Gasteiger partial charge < -0.3 is 5.32 Å². The average molecular weight is 366 g/mol. The first-order valence-electron chi connectivity index (χ1n) is 8.34. The molecule has 0 atom stereocenters. The molecule has 2 aromatic rings. The molecule has 0 aliphatic carbocycles. The lowest BCUT2D eigenvalue weighted by molar-refractivity contribution is 0.0904. The molecule has 0 unspecified atom stereocenters. The molecule has 1 fully saturated rings. The summed E-state index contributed by atoms with van der Waals surface area (Å²) >= 11 is 0. The van der Waals surface area contributed by atoms with Crippen LogP contribution in [-0.4, -0.2) is 29.9 Å². The number of carbonyl (C=O) groups excluding carboxylic acids is 1. The number of amides is 1. The van der Waals surface area contributed by atoms with Gasteiger partial charge in [0.25, 0.3) is 5.91 Å². The van der Waals surface area contributed by atoms with Gasteiger partial charge in [-0.3, -0.25) is 9.69 Å². The van der Waals surface area contributed by atoms with Gasteiger partial charge in [0.2, 0.25) is 0 Å². The van der Waals surface area contributed by atoms with E-state index in [1.54, 1.807) is 6.07 Å². The zero-order valence-corrected chi connectivity index (χ0v) is 13.9. The second kappa shape index (κ2) is 7.86. The van der Waals surface area contributed by atoms with E-state index in [4.69, 9.17) is 0 Å². The minimum absolute atomic E-state index is 0.147. The predicted octanol–water partition coefficient (Wildman–Crippen LogP) is 3.64. The summed E-state index contributed by atoms with van der Waals surface area (Å²) in [6.45, 7) is 1.78. The van der Waals surface area contributed by atoms with Crippen LogP contribution in [0.3, 0.4) is 0 Å². The number of piperidine rings is 1. The first-order chi connectivity index (χ1) is 12.4. The van der Waals surface area contributed by atoms with Crippen LogP contribution in [0.1, 0.15) is 28.8 Å². The molecule has 3 rings (SSSR count). The zero-order chi connectivity index (χ0) is 18.7. The van der Waals surface area contributed by atoms with Crippen molar-refractivity contribution in [3.8, 4) is 0 Å². The van der Waals surface area contributed by atoms with Crippen molar-refractivity contribution < 1.29 is 22.4 Å². The van der Waals surface area contributed by atoms with Crippen molar-refractivity contribution in [1.29, 1.82) is 0 Å². The van der Waals surface area contributed by atoms with E-state index in [9.17, 15) is 22.4 Å². The monoisotopic (exact) mass is 366 g/mol. The number of hydrogen-bond acceptors (Lipinski definition) is 2. The molecule has 1 aliphatic rings. The molecule has 0 spiro atoms. The summed E-state index contributed by atoms with van der Waals surface area (Å²) < 4.78 is 53.1. The van der Waals surface area contributed by atoms with E-state index in [0.29, 0.717) is 38.0 Å². The Morgan fingerprint density at radius 3 is 2.35 bits per heavy atom. The molecule has 1 N–H and O–H groups in total. The Morgan fingerprint density at radius 1 is 0.962 bits per heavy atom. The molecule has 1 saturated heterocycles. The maximum absolute atomic E-state index is 13.6. The van der Waals surface area contributed by atoms with E-state index in [-0.39, 0.29) is 11.6 Å². The second-order valence-corrected chi connectivity index (χ2v) is 6.40. The predicted molar refractivity (Wildman–Crippen MR) is 88.5 cm³/mol. The fourth-order valence-electron chi connectivity index (χ4n) is 3.07. The number of benzene rings is 2. The molecule has 1 heterocycles. The minimum atomic E-state index is -0.875. The lowest BCUT2D eigenvalue weighted by atomic mass is 10.0. The van der Waals surface area contributed by atoms with Gasteiger partial charge in [0.15, 0.2) is 11.6 Å². The SMILES string of the molecule is O=C(NC1CCN(Cc2ccc(F)c(F)c2)CC1)c1cc(F)ccc1F. The van der Waals surface area contributed by atoms with E-state index >= 15 is 0 Å². The molecule has 0 saturated carbocycles. The maximum atomic E-state index is 13.6. The van der Waals surface area contributed by atoms with Crippen molar-refractivity contribution in [3.05, 3.63) is 70.8 Å². The smallest absolute Gasteiger partial charge is 0.254 e. The molecule has 26 heavy (non-hydrogen) atoms. The van der Waals surface area contributed by atoms with Crippen molar-refractivity contribution in [2.75, 3.05) is 13.1 Å². The van der Waals surface area contributed by atoms with Crippen molar-refractivity contribution in [1.82, 2.24) is 10.2 Å². The molecule has 0 aromatic heterocycles. The number of nitrogens with zero attached hydrogens (tertiary/aromatic N) is 1. The van der Waals surface area contributed by atoms with Crippen molar-refractivity contribution >= 4 is 5.91 Å². The highest BCUT2D eigenvalue weighted by Gasteiger charge is 2.23. The highest BCUT2D eigenvalue weighted by atomic mass is 19.2. The van der Waals surface area contributed by atoms with Crippen LogP contribution < -0.4 is 5.32 Å². The Hall–Kier alpha value is -2.41. The highest BCUT2D eigenvalue weighted by Crippen LogP contribution is 2.17. The molecular formula is C19H18F4N2O. The summed E-state index contributed by atoms with van der Waals surface area (Å²) in [5.74, 6) is -3.82. The second-order valence-electron chi connectivity index (χ2n) is 6.40. The van der Waals surface area contributed by atoms with Crippen molar-refractivity contribution in [2.24, 2.45) is 0 Å².